The van der Waals surface area contributed by atoms with Gasteiger partial charge in [0.2, 0.25) is 0 Å². The zero-order valence-electron chi connectivity index (χ0n) is 11.3. The Bertz CT molecular complexity index is 565. The molecule has 0 atom stereocenters. The Labute approximate surface area is 114 Å². The van der Waals surface area contributed by atoms with Crippen LogP contribution in [0.15, 0.2) is 42.5 Å². The average molecular weight is 253 g/mol. The molecule has 3 nitrogen and oxygen atoms in total. The van der Waals surface area contributed by atoms with Crippen molar-refractivity contribution in [1.82, 2.24) is 4.98 Å². The van der Waals surface area contributed by atoms with Gasteiger partial charge in [0.1, 0.15) is 11.6 Å². The maximum Gasteiger partial charge on any atom is 0.131 e. The third-order valence-corrected chi connectivity index (χ3v) is 3.67. The van der Waals surface area contributed by atoms with Gasteiger partial charge in [0.15, 0.2) is 0 Å². The summed E-state index contributed by atoms with van der Waals surface area (Å²) < 4.78 is 0. The Hall–Kier alpha value is -2.03. The number of aryl methyl sites for hydroxylation is 1. The standard InChI is InChI=1S/C16H19N3/c1-17-15-9-4-10-16(18-15)19-11-5-8-13-6-2-3-7-14(13)12-19/h2-4,6-7,9-10H,5,8,11-12H2,1H3,(H,17,18). The number of aromatic nitrogens is 1. The third kappa shape index (κ3) is 2.55. The van der Waals surface area contributed by atoms with Crippen LogP contribution in [0.1, 0.15) is 17.5 Å². The van der Waals surface area contributed by atoms with E-state index in [0.29, 0.717) is 0 Å². The molecular weight excluding hydrogens is 234 g/mol. The molecule has 0 saturated heterocycles. The fourth-order valence-corrected chi connectivity index (χ4v) is 2.63. The van der Waals surface area contributed by atoms with E-state index in [9.17, 15) is 0 Å². The minimum absolute atomic E-state index is 0.926. The van der Waals surface area contributed by atoms with Crippen LogP contribution in [0, 0.1) is 0 Å². The van der Waals surface area contributed by atoms with Crippen LogP contribution in [0.2, 0.25) is 0 Å². The largest absolute Gasteiger partial charge is 0.373 e. The van der Waals surface area contributed by atoms with Crippen LogP contribution in [0.5, 0.6) is 0 Å². The van der Waals surface area contributed by atoms with Crippen molar-refractivity contribution in [1.29, 1.82) is 0 Å². The van der Waals surface area contributed by atoms with E-state index in [4.69, 9.17) is 0 Å². The van der Waals surface area contributed by atoms with Crippen LogP contribution in [-0.2, 0) is 13.0 Å². The molecule has 0 unspecified atom stereocenters. The van der Waals surface area contributed by atoms with Crippen LogP contribution >= 0.6 is 0 Å². The fourth-order valence-electron chi connectivity index (χ4n) is 2.63. The van der Waals surface area contributed by atoms with Crippen LogP contribution in [0.4, 0.5) is 11.6 Å². The fraction of sp³-hybridized carbons (Fsp3) is 0.312. The second kappa shape index (κ2) is 5.31. The van der Waals surface area contributed by atoms with Crippen LogP contribution < -0.4 is 10.2 Å². The number of hydrogen-bond donors (Lipinski definition) is 1. The summed E-state index contributed by atoms with van der Waals surface area (Å²) in [6.45, 7) is 2.02. The monoisotopic (exact) mass is 253 g/mol. The summed E-state index contributed by atoms with van der Waals surface area (Å²) >= 11 is 0. The van der Waals surface area contributed by atoms with E-state index in [-0.39, 0.29) is 0 Å². The molecule has 2 heterocycles. The predicted molar refractivity (Wildman–Crippen MR) is 79.6 cm³/mol. The van der Waals surface area contributed by atoms with E-state index in [1.54, 1.807) is 0 Å². The molecule has 1 aromatic heterocycles. The van der Waals surface area contributed by atoms with Crippen molar-refractivity contribution < 1.29 is 0 Å². The smallest absolute Gasteiger partial charge is 0.131 e. The van der Waals surface area contributed by atoms with Gasteiger partial charge in [-0.05, 0) is 36.1 Å². The normalized spacial score (nSPS) is 14.7. The minimum Gasteiger partial charge on any atom is -0.373 e. The van der Waals surface area contributed by atoms with E-state index in [0.717, 1.165) is 24.7 Å². The first-order chi connectivity index (χ1) is 9.36. The van der Waals surface area contributed by atoms with Gasteiger partial charge in [0.25, 0.3) is 0 Å². The van der Waals surface area contributed by atoms with Crippen LogP contribution in [0.3, 0.4) is 0 Å². The number of nitrogens with zero attached hydrogens (tertiary/aromatic N) is 2. The second-order valence-corrected chi connectivity index (χ2v) is 4.92. The lowest BCUT2D eigenvalue weighted by Gasteiger charge is -2.22. The lowest BCUT2D eigenvalue weighted by molar-refractivity contribution is 0.755. The summed E-state index contributed by atoms with van der Waals surface area (Å²) in [5.41, 5.74) is 2.91. The van der Waals surface area contributed by atoms with E-state index in [2.05, 4.69) is 51.6 Å². The summed E-state index contributed by atoms with van der Waals surface area (Å²) in [5.74, 6) is 1.98. The molecule has 2 aromatic rings. The number of rotatable bonds is 2. The summed E-state index contributed by atoms with van der Waals surface area (Å²) in [6.07, 6.45) is 2.35. The minimum atomic E-state index is 0.926. The number of nitrogens with one attached hydrogen (secondary N) is 1. The van der Waals surface area contributed by atoms with E-state index < -0.39 is 0 Å². The molecule has 0 bridgehead atoms. The summed E-state index contributed by atoms with van der Waals surface area (Å²) in [5, 5.41) is 3.10. The molecule has 0 spiro atoms. The molecule has 1 N–H and O–H groups in total. The van der Waals surface area contributed by atoms with Crippen molar-refractivity contribution in [3.05, 3.63) is 53.6 Å². The number of pyridine rings is 1. The topological polar surface area (TPSA) is 28.2 Å². The third-order valence-electron chi connectivity index (χ3n) is 3.67. The zero-order valence-corrected chi connectivity index (χ0v) is 11.3. The van der Waals surface area contributed by atoms with Gasteiger partial charge in [-0.2, -0.15) is 0 Å². The molecule has 0 amide bonds. The highest BCUT2D eigenvalue weighted by Gasteiger charge is 2.15. The molecule has 3 heteroatoms. The van der Waals surface area contributed by atoms with Crippen molar-refractivity contribution in [3.8, 4) is 0 Å². The predicted octanol–water partition coefficient (Wildman–Crippen LogP) is 3.08. The van der Waals surface area contributed by atoms with Crippen molar-refractivity contribution in [2.45, 2.75) is 19.4 Å². The molecule has 19 heavy (non-hydrogen) atoms. The zero-order chi connectivity index (χ0) is 13.1. The highest BCUT2D eigenvalue weighted by Crippen LogP contribution is 2.23. The Balaban J connectivity index is 1.89. The van der Waals surface area contributed by atoms with Gasteiger partial charge >= 0.3 is 0 Å². The Kier molecular flexibility index (Phi) is 3.36. The molecule has 1 aliphatic rings. The SMILES string of the molecule is CNc1cccc(N2CCCc3ccccc3C2)n1. The molecule has 0 radical (unpaired) electrons. The van der Waals surface area contributed by atoms with Crippen LogP contribution in [-0.4, -0.2) is 18.6 Å². The lowest BCUT2D eigenvalue weighted by Crippen LogP contribution is -2.23. The van der Waals surface area contributed by atoms with E-state index >= 15 is 0 Å². The van der Waals surface area contributed by atoms with Gasteiger partial charge in [0.05, 0.1) is 0 Å². The highest BCUT2D eigenvalue weighted by atomic mass is 15.2. The maximum atomic E-state index is 4.64. The molecule has 0 saturated carbocycles. The van der Waals surface area contributed by atoms with Gasteiger partial charge < -0.3 is 10.2 Å². The molecule has 1 aromatic carbocycles. The summed E-state index contributed by atoms with van der Waals surface area (Å²) in [7, 11) is 1.91. The summed E-state index contributed by atoms with van der Waals surface area (Å²) in [4.78, 5) is 7.01. The van der Waals surface area contributed by atoms with Gasteiger partial charge in [0, 0.05) is 20.1 Å². The van der Waals surface area contributed by atoms with Gasteiger partial charge in [-0.15, -0.1) is 0 Å². The lowest BCUT2D eigenvalue weighted by atomic mass is 10.0. The Morgan fingerprint density at radius 3 is 2.74 bits per heavy atom. The van der Waals surface area contributed by atoms with Crippen molar-refractivity contribution >= 4 is 11.6 Å². The molecule has 1 aliphatic heterocycles. The first-order valence-corrected chi connectivity index (χ1v) is 6.83. The van der Waals surface area contributed by atoms with Crippen molar-refractivity contribution in [3.63, 3.8) is 0 Å². The highest BCUT2D eigenvalue weighted by molar-refractivity contribution is 5.48. The number of fused-ring (bicyclic) bond motifs is 1. The second-order valence-electron chi connectivity index (χ2n) is 4.92. The quantitative estimate of drug-likeness (QED) is 0.891. The number of benzene rings is 1. The first kappa shape index (κ1) is 12.0. The molecule has 98 valence electrons. The average Bonchev–Trinajstić information content (AvgIpc) is 2.69. The van der Waals surface area contributed by atoms with Gasteiger partial charge in [-0.3, -0.25) is 0 Å². The van der Waals surface area contributed by atoms with Crippen LogP contribution in [0.25, 0.3) is 0 Å². The molecule has 0 aliphatic carbocycles. The Morgan fingerprint density at radius 1 is 1.05 bits per heavy atom. The Morgan fingerprint density at radius 2 is 1.89 bits per heavy atom. The van der Waals surface area contributed by atoms with Gasteiger partial charge in [-0.1, -0.05) is 30.3 Å². The molecular formula is C16H19N3. The van der Waals surface area contributed by atoms with Crippen molar-refractivity contribution in [2.75, 3.05) is 23.8 Å². The molecule has 3 rings (SSSR count). The maximum absolute atomic E-state index is 4.64. The number of hydrogen-bond acceptors (Lipinski definition) is 3. The molecule has 0 fully saturated rings. The number of anilines is 2. The summed E-state index contributed by atoms with van der Waals surface area (Å²) in [6, 6.07) is 14.9. The van der Waals surface area contributed by atoms with Crippen molar-refractivity contribution in [2.24, 2.45) is 0 Å². The van der Waals surface area contributed by atoms with E-state index in [1.165, 1.54) is 24.0 Å². The van der Waals surface area contributed by atoms with Gasteiger partial charge in [-0.25, -0.2) is 4.98 Å². The van der Waals surface area contributed by atoms with E-state index in [1.807, 2.05) is 13.1 Å². The first-order valence-electron chi connectivity index (χ1n) is 6.83.